The van der Waals surface area contributed by atoms with Gasteiger partial charge in [-0.05, 0) is 50.3 Å². The van der Waals surface area contributed by atoms with E-state index in [0.29, 0.717) is 23.4 Å². The summed E-state index contributed by atoms with van der Waals surface area (Å²) in [6, 6.07) is 12.3. The minimum absolute atomic E-state index is 0.0339. The fourth-order valence-corrected chi connectivity index (χ4v) is 6.20. The first kappa shape index (κ1) is 28.7. The highest BCUT2D eigenvalue weighted by molar-refractivity contribution is 6.34. The fourth-order valence-electron chi connectivity index (χ4n) is 5.93. The molecule has 3 fully saturated rings. The lowest BCUT2D eigenvalue weighted by molar-refractivity contribution is -0.262. The predicted octanol–water partition coefficient (Wildman–Crippen LogP) is 4.50. The number of nitrogens with zero attached hydrogens (tertiary/aromatic N) is 3. The lowest BCUT2D eigenvalue weighted by atomic mass is 9.89. The molecule has 7 nitrogen and oxygen atoms in total. The predicted molar refractivity (Wildman–Crippen MR) is 146 cm³/mol. The average molecular weight is 579 g/mol. The van der Waals surface area contributed by atoms with E-state index >= 15 is 0 Å². The standard InChI is InChI=1S/C29H34ClF3N4O3/c30-25-17-21(9-10-24(25)26(38)35-13-5-2-6-14-35)34-22-18-37(19-22)23-11-15-36(16-12-23)27(39)28(40,29(31,32)33)20-7-3-1-4-8-20/h1,3-4,7-10,17,22-23,34,40H,2,5-6,11-16,18-19H2. The van der Waals surface area contributed by atoms with Gasteiger partial charge >= 0.3 is 6.18 Å². The number of rotatable bonds is 6. The summed E-state index contributed by atoms with van der Waals surface area (Å²) in [5, 5.41) is 14.5. The summed E-state index contributed by atoms with van der Waals surface area (Å²) in [6.07, 6.45) is -0.910. The molecule has 3 saturated heterocycles. The summed E-state index contributed by atoms with van der Waals surface area (Å²) in [6.45, 7) is 3.31. The molecule has 11 heteroatoms. The number of piperidine rings is 2. The topological polar surface area (TPSA) is 76.1 Å². The maximum atomic E-state index is 13.9. The molecule has 0 bridgehead atoms. The largest absolute Gasteiger partial charge is 0.430 e. The van der Waals surface area contributed by atoms with Crippen LogP contribution in [0.15, 0.2) is 48.5 Å². The summed E-state index contributed by atoms with van der Waals surface area (Å²) in [5.74, 6) is -1.36. The number of amides is 2. The minimum Gasteiger partial charge on any atom is -0.380 e. The maximum absolute atomic E-state index is 13.9. The second kappa shape index (κ2) is 11.6. The Morgan fingerprint density at radius 2 is 1.55 bits per heavy atom. The number of anilines is 1. The Bertz CT molecular complexity index is 1210. The second-order valence-electron chi connectivity index (χ2n) is 10.9. The van der Waals surface area contributed by atoms with Gasteiger partial charge in [0.25, 0.3) is 17.4 Å². The highest BCUT2D eigenvalue weighted by atomic mass is 35.5. The van der Waals surface area contributed by atoms with Crippen LogP contribution in [0.25, 0.3) is 0 Å². The van der Waals surface area contributed by atoms with Crippen molar-refractivity contribution in [1.29, 1.82) is 0 Å². The molecule has 3 aliphatic heterocycles. The summed E-state index contributed by atoms with van der Waals surface area (Å²) >= 11 is 6.46. The number of nitrogens with one attached hydrogen (secondary N) is 1. The van der Waals surface area contributed by atoms with E-state index in [9.17, 15) is 27.9 Å². The van der Waals surface area contributed by atoms with Crippen molar-refractivity contribution in [2.45, 2.75) is 56.0 Å². The zero-order valence-corrected chi connectivity index (χ0v) is 22.9. The number of hydrogen-bond acceptors (Lipinski definition) is 5. The molecule has 5 rings (SSSR count). The molecule has 0 aromatic heterocycles. The highest BCUT2D eigenvalue weighted by Gasteiger charge is 2.62. The van der Waals surface area contributed by atoms with Crippen molar-refractivity contribution >= 4 is 29.1 Å². The van der Waals surface area contributed by atoms with Crippen LogP contribution >= 0.6 is 11.6 Å². The third-order valence-corrected chi connectivity index (χ3v) is 8.62. The van der Waals surface area contributed by atoms with Gasteiger partial charge in [0.2, 0.25) is 0 Å². The molecule has 3 heterocycles. The second-order valence-corrected chi connectivity index (χ2v) is 11.3. The lowest BCUT2D eigenvalue weighted by Crippen LogP contribution is -2.62. The third kappa shape index (κ3) is 5.66. The SMILES string of the molecule is O=C(c1ccc(NC2CN(C3CCN(C(=O)C(O)(c4ccccc4)C(F)(F)F)CC3)C2)cc1Cl)N1CCCCC1. The van der Waals surface area contributed by atoms with E-state index in [1.165, 1.54) is 18.2 Å². The Morgan fingerprint density at radius 1 is 0.900 bits per heavy atom. The molecule has 2 aromatic carbocycles. The van der Waals surface area contributed by atoms with Crippen LogP contribution < -0.4 is 5.32 Å². The number of aliphatic hydroxyl groups is 1. The average Bonchev–Trinajstić information content (AvgIpc) is 2.94. The number of carbonyl (C=O) groups excluding carboxylic acids is 2. The highest BCUT2D eigenvalue weighted by Crippen LogP contribution is 2.41. The van der Waals surface area contributed by atoms with Crippen molar-refractivity contribution in [1.82, 2.24) is 14.7 Å². The number of carbonyl (C=O) groups is 2. The molecule has 40 heavy (non-hydrogen) atoms. The van der Waals surface area contributed by atoms with E-state index in [1.54, 1.807) is 12.1 Å². The Balaban J connectivity index is 1.12. The Kier molecular flexibility index (Phi) is 8.31. The van der Waals surface area contributed by atoms with Gasteiger partial charge in [0.05, 0.1) is 16.6 Å². The van der Waals surface area contributed by atoms with Crippen LogP contribution in [0.4, 0.5) is 18.9 Å². The zero-order valence-electron chi connectivity index (χ0n) is 22.2. The first-order valence-corrected chi connectivity index (χ1v) is 14.2. The molecule has 0 radical (unpaired) electrons. The van der Waals surface area contributed by atoms with Crippen LogP contribution in [0.1, 0.15) is 48.0 Å². The van der Waals surface area contributed by atoms with Crippen molar-refractivity contribution < 1.29 is 27.9 Å². The molecule has 2 N–H and O–H groups in total. The van der Waals surface area contributed by atoms with Gasteiger partial charge in [-0.1, -0.05) is 41.9 Å². The van der Waals surface area contributed by atoms with Crippen LogP contribution in [0, 0.1) is 0 Å². The number of alkyl halides is 3. The number of hydrogen-bond donors (Lipinski definition) is 2. The summed E-state index contributed by atoms with van der Waals surface area (Å²) in [4.78, 5) is 31.0. The first-order valence-electron chi connectivity index (χ1n) is 13.8. The van der Waals surface area contributed by atoms with Crippen LogP contribution in [-0.4, -0.2) is 89.1 Å². The van der Waals surface area contributed by atoms with Gasteiger partial charge in [-0.2, -0.15) is 13.2 Å². The van der Waals surface area contributed by atoms with Gasteiger partial charge in [-0.3, -0.25) is 14.5 Å². The molecule has 216 valence electrons. The van der Waals surface area contributed by atoms with Gasteiger partial charge in [0.15, 0.2) is 0 Å². The van der Waals surface area contributed by atoms with E-state index < -0.39 is 23.2 Å². The van der Waals surface area contributed by atoms with Crippen molar-refractivity contribution in [3.05, 3.63) is 64.7 Å². The van der Waals surface area contributed by atoms with Crippen LogP contribution in [-0.2, 0) is 10.4 Å². The molecular formula is C29H34ClF3N4O3. The smallest absolute Gasteiger partial charge is 0.380 e. The van der Waals surface area contributed by atoms with Gasteiger partial charge in [-0.25, -0.2) is 0 Å². The van der Waals surface area contributed by atoms with Crippen LogP contribution in [0.3, 0.4) is 0 Å². The quantitative estimate of drug-likeness (QED) is 0.528. The monoisotopic (exact) mass is 578 g/mol. The van der Waals surface area contributed by atoms with E-state index in [4.69, 9.17) is 11.6 Å². The van der Waals surface area contributed by atoms with E-state index in [0.717, 1.165) is 68.2 Å². The van der Waals surface area contributed by atoms with Crippen molar-refractivity contribution in [3.8, 4) is 0 Å². The van der Waals surface area contributed by atoms with Crippen molar-refractivity contribution in [3.63, 3.8) is 0 Å². The van der Waals surface area contributed by atoms with Gasteiger partial charge in [0, 0.05) is 56.6 Å². The third-order valence-electron chi connectivity index (χ3n) is 8.30. The normalized spacial score (nSPS) is 21.0. The van der Waals surface area contributed by atoms with E-state index in [-0.39, 0.29) is 31.1 Å². The Hall–Kier alpha value is -2.82. The lowest BCUT2D eigenvalue weighted by Gasteiger charge is -2.48. The van der Waals surface area contributed by atoms with Crippen molar-refractivity contribution in [2.75, 3.05) is 44.6 Å². The molecule has 0 spiro atoms. The fraction of sp³-hybridized carbons (Fsp3) is 0.517. The first-order chi connectivity index (χ1) is 19.1. The number of halogens is 4. The van der Waals surface area contributed by atoms with Crippen LogP contribution in [0.5, 0.6) is 0 Å². The van der Waals surface area contributed by atoms with Crippen molar-refractivity contribution in [2.24, 2.45) is 0 Å². The molecule has 0 aliphatic carbocycles. The molecule has 1 unspecified atom stereocenters. The van der Waals surface area contributed by atoms with Gasteiger partial charge in [-0.15, -0.1) is 0 Å². The number of likely N-dealkylation sites (tertiary alicyclic amines) is 3. The summed E-state index contributed by atoms with van der Waals surface area (Å²) < 4.78 is 41.8. The summed E-state index contributed by atoms with van der Waals surface area (Å²) in [7, 11) is 0. The molecule has 3 aliphatic rings. The maximum Gasteiger partial charge on any atom is 0.430 e. The molecule has 0 saturated carbocycles. The van der Waals surface area contributed by atoms with Gasteiger partial charge in [0.1, 0.15) is 0 Å². The molecule has 2 aromatic rings. The number of benzene rings is 2. The van der Waals surface area contributed by atoms with E-state index in [2.05, 4.69) is 10.2 Å². The molecule has 1 atom stereocenters. The Morgan fingerprint density at radius 3 is 2.15 bits per heavy atom. The summed E-state index contributed by atoms with van der Waals surface area (Å²) in [5.41, 5.74) is -2.70. The van der Waals surface area contributed by atoms with Gasteiger partial charge < -0.3 is 20.2 Å². The molecular weight excluding hydrogens is 545 g/mol. The Labute approximate surface area is 236 Å². The zero-order chi connectivity index (χ0) is 28.5. The van der Waals surface area contributed by atoms with Crippen LogP contribution in [0.2, 0.25) is 5.02 Å². The molecule has 2 amide bonds. The minimum atomic E-state index is -5.14. The van der Waals surface area contributed by atoms with E-state index in [1.807, 2.05) is 11.0 Å².